The Hall–Kier alpha value is -1.66. The molecule has 0 saturated heterocycles. The predicted octanol–water partition coefficient (Wildman–Crippen LogP) is 3.51. The van der Waals surface area contributed by atoms with Crippen molar-refractivity contribution in [2.45, 2.75) is 13.5 Å². The molecule has 1 aromatic carbocycles. The quantitative estimate of drug-likeness (QED) is 0.908. The van der Waals surface area contributed by atoms with E-state index in [0.29, 0.717) is 16.7 Å². The molecular formula is C12H11ClFN3OS. The van der Waals surface area contributed by atoms with Crippen LogP contribution < -0.4 is 10.6 Å². The minimum Gasteiger partial charge on any atom is -0.380 e. The zero-order valence-electron chi connectivity index (χ0n) is 10.0. The van der Waals surface area contributed by atoms with Crippen molar-refractivity contribution >= 4 is 40.2 Å². The number of aromatic nitrogens is 1. The van der Waals surface area contributed by atoms with E-state index in [9.17, 15) is 9.18 Å². The lowest BCUT2D eigenvalue weighted by molar-refractivity contribution is -0.114. The van der Waals surface area contributed by atoms with Gasteiger partial charge in [-0.15, -0.1) is 11.3 Å². The maximum absolute atomic E-state index is 13.4. The van der Waals surface area contributed by atoms with Crippen LogP contribution in [0.15, 0.2) is 24.4 Å². The van der Waals surface area contributed by atoms with Gasteiger partial charge in [0.1, 0.15) is 5.82 Å². The van der Waals surface area contributed by atoms with Gasteiger partial charge in [0.2, 0.25) is 5.91 Å². The number of carbonyl (C=O) groups excluding carboxylic acids is 1. The largest absolute Gasteiger partial charge is 0.380 e. The summed E-state index contributed by atoms with van der Waals surface area (Å²) in [6, 6.07) is 4.44. The number of carbonyl (C=O) groups is 1. The highest BCUT2D eigenvalue weighted by Gasteiger charge is 2.05. The number of halogens is 2. The Kier molecular flexibility index (Phi) is 4.34. The molecule has 4 nitrogen and oxygen atoms in total. The first-order valence-corrected chi connectivity index (χ1v) is 6.65. The summed E-state index contributed by atoms with van der Waals surface area (Å²) in [5.74, 6) is -0.785. The van der Waals surface area contributed by atoms with Crippen LogP contribution in [0.5, 0.6) is 0 Å². The molecule has 0 bridgehead atoms. The summed E-state index contributed by atoms with van der Waals surface area (Å²) < 4.78 is 13.9. The summed E-state index contributed by atoms with van der Waals surface area (Å²) >= 11 is 7.10. The Balaban J connectivity index is 2.06. The van der Waals surface area contributed by atoms with Crippen LogP contribution in [-0.2, 0) is 11.3 Å². The Morgan fingerprint density at radius 1 is 1.53 bits per heavy atom. The number of nitrogens with one attached hydrogen (secondary N) is 2. The number of rotatable bonds is 4. The van der Waals surface area contributed by atoms with Crippen LogP contribution in [0, 0.1) is 5.82 Å². The van der Waals surface area contributed by atoms with Crippen molar-refractivity contribution in [2.75, 3.05) is 10.6 Å². The second-order valence-electron chi connectivity index (χ2n) is 3.81. The van der Waals surface area contributed by atoms with Gasteiger partial charge < -0.3 is 10.6 Å². The highest BCUT2D eigenvalue weighted by Crippen LogP contribution is 2.22. The van der Waals surface area contributed by atoms with E-state index >= 15 is 0 Å². The molecule has 0 aliphatic carbocycles. The molecule has 0 aliphatic heterocycles. The van der Waals surface area contributed by atoms with E-state index in [4.69, 9.17) is 11.6 Å². The van der Waals surface area contributed by atoms with Gasteiger partial charge in [-0.1, -0.05) is 11.6 Å². The van der Waals surface area contributed by atoms with E-state index in [-0.39, 0.29) is 11.6 Å². The molecule has 0 radical (unpaired) electrons. The SMILES string of the molecule is CC(=O)Nc1cc(NCc2cnc(Cl)s2)ccc1F. The van der Waals surface area contributed by atoms with Crippen molar-refractivity contribution in [1.29, 1.82) is 0 Å². The molecule has 0 aliphatic rings. The van der Waals surface area contributed by atoms with Crippen LogP contribution in [-0.4, -0.2) is 10.9 Å². The Bertz CT molecular complexity index is 602. The van der Waals surface area contributed by atoms with Gasteiger partial charge >= 0.3 is 0 Å². The monoisotopic (exact) mass is 299 g/mol. The molecule has 0 saturated carbocycles. The Morgan fingerprint density at radius 2 is 2.32 bits per heavy atom. The lowest BCUT2D eigenvalue weighted by atomic mass is 10.2. The van der Waals surface area contributed by atoms with Gasteiger partial charge in [-0.3, -0.25) is 4.79 Å². The van der Waals surface area contributed by atoms with Crippen LogP contribution >= 0.6 is 22.9 Å². The van der Waals surface area contributed by atoms with Crippen LogP contribution in [0.3, 0.4) is 0 Å². The Morgan fingerprint density at radius 3 is 2.95 bits per heavy atom. The zero-order valence-corrected chi connectivity index (χ0v) is 11.6. The van der Waals surface area contributed by atoms with Crippen molar-refractivity contribution in [3.05, 3.63) is 39.6 Å². The van der Waals surface area contributed by atoms with Crippen molar-refractivity contribution < 1.29 is 9.18 Å². The van der Waals surface area contributed by atoms with Gasteiger partial charge in [0.15, 0.2) is 4.47 Å². The number of nitrogens with zero attached hydrogens (tertiary/aromatic N) is 1. The first-order valence-electron chi connectivity index (χ1n) is 5.46. The summed E-state index contributed by atoms with van der Waals surface area (Å²) in [5.41, 5.74) is 0.856. The number of hydrogen-bond acceptors (Lipinski definition) is 4. The predicted molar refractivity (Wildman–Crippen MR) is 75.2 cm³/mol. The van der Waals surface area contributed by atoms with Gasteiger partial charge in [0.05, 0.1) is 12.2 Å². The van der Waals surface area contributed by atoms with Crippen LogP contribution in [0.1, 0.15) is 11.8 Å². The average molecular weight is 300 g/mol. The second-order valence-corrected chi connectivity index (χ2v) is 5.51. The smallest absolute Gasteiger partial charge is 0.221 e. The third-order valence-corrected chi connectivity index (χ3v) is 3.38. The molecule has 19 heavy (non-hydrogen) atoms. The summed E-state index contributed by atoms with van der Waals surface area (Å²) in [4.78, 5) is 15.8. The van der Waals surface area contributed by atoms with E-state index in [2.05, 4.69) is 15.6 Å². The third-order valence-electron chi connectivity index (χ3n) is 2.27. The van der Waals surface area contributed by atoms with E-state index < -0.39 is 5.82 Å². The van der Waals surface area contributed by atoms with Crippen molar-refractivity contribution in [1.82, 2.24) is 4.98 Å². The second kappa shape index (κ2) is 5.99. The van der Waals surface area contributed by atoms with Crippen molar-refractivity contribution in [3.63, 3.8) is 0 Å². The van der Waals surface area contributed by atoms with Gasteiger partial charge in [-0.25, -0.2) is 9.37 Å². The van der Waals surface area contributed by atoms with Gasteiger partial charge in [-0.2, -0.15) is 0 Å². The van der Waals surface area contributed by atoms with Gasteiger partial charge in [-0.05, 0) is 18.2 Å². The van der Waals surface area contributed by atoms with Gasteiger partial charge in [0, 0.05) is 23.7 Å². The minimum atomic E-state index is -0.471. The molecule has 1 amide bonds. The maximum atomic E-state index is 13.4. The third kappa shape index (κ3) is 3.90. The first-order chi connectivity index (χ1) is 9.04. The maximum Gasteiger partial charge on any atom is 0.221 e. The normalized spacial score (nSPS) is 10.3. The molecule has 2 rings (SSSR count). The number of thiazole rings is 1. The lowest BCUT2D eigenvalue weighted by Gasteiger charge is -2.08. The zero-order chi connectivity index (χ0) is 13.8. The highest BCUT2D eigenvalue weighted by molar-refractivity contribution is 7.15. The van der Waals surface area contributed by atoms with Crippen LogP contribution in [0.4, 0.5) is 15.8 Å². The average Bonchev–Trinajstić information content (AvgIpc) is 2.75. The molecule has 1 heterocycles. The number of anilines is 2. The molecule has 0 atom stereocenters. The van der Waals surface area contributed by atoms with E-state index in [1.165, 1.54) is 24.3 Å². The van der Waals surface area contributed by atoms with Crippen LogP contribution in [0.2, 0.25) is 4.47 Å². The summed E-state index contributed by atoms with van der Waals surface area (Å²) in [7, 11) is 0. The van der Waals surface area contributed by atoms with E-state index in [1.54, 1.807) is 18.3 Å². The summed E-state index contributed by atoms with van der Waals surface area (Å²) in [6.45, 7) is 1.87. The molecule has 0 unspecified atom stereocenters. The highest BCUT2D eigenvalue weighted by atomic mass is 35.5. The molecule has 2 aromatic rings. The summed E-state index contributed by atoms with van der Waals surface area (Å²) in [5, 5.41) is 5.54. The lowest BCUT2D eigenvalue weighted by Crippen LogP contribution is -2.08. The van der Waals surface area contributed by atoms with Crippen molar-refractivity contribution in [2.24, 2.45) is 0 Å². The van der Waals surface area contributed by atoms with Crippen molar-refractivity contribution in [3.8, 4) is 0 Å². The molecule has 100 valence electrons. The topological polar surface area (TPSA) is 54.0 Å². The number of amides is 1. The molecule has 0 fully saturated rings. The number of benzene rings is 1. The van der Waals surface area contributed by atoms with E-state index in [1.807, 2.05) is 0 Å². The molecule has 1 aromatic heterocycles. The molecule has 2 N–H and O–H groups in total. The first kappa shape index (κ1) is 13.8. The standard InChI is InChI=1S/C12H11ClFN3OS/c1-7(18)17-11-4-8(2-3-10(11)14)15-5-9-6-16-12(13)19-9/h2-4,6,15H,5H2,1H3,(H,17,18). The fourth-order valence-electron chi connectivity index (χ4n) is 1.48. The van der Waals surface area contributed by atoms with Crippen LogP contribution in [0.25, 0.3) is 0 Å². The summed E-state index contributed by atoms with van der Waals surface area (Å²) in [6.07, 6.45) is 1.68. The Labute approximate surface area is 118 Å². The minimum absolute atomic E-state index is 0.153. The molecule has 0 spiro atoms. The van der Waals surface area contributed by atoms with Gasteiger partial charge in [0.25, 0.3) is 0 Å². The number of hydrogen-bond donors (Lipinski definition) is 2. The molecular weight excluding hydrogens is 289 g/mol. The fourth-order valence-corrected chi connectivity index (χ4v) is 2.39. The fraction of sp³-hybridized carbons (Fsp3) is 0.167. The molecule has 7 heteroatoms. The van der Waals surface area contributed by atoms with E-state index in [0.717, 1.165) is 4.88 Å².